The van der Waals surface area contributed by atoms with Crippen LogP contribution in [0.15, 0.2) is 48.5 Å². The van der Waals surface area contributed by atoms with Crippen LogP contribution in [0.5, 0.6) is 11.5 Å². The van der Waals surface area contributed by atoms with Gasteiger partial charge in [-0.05, 0) is 61.9 Å². The lowest BCUT2D eigenvalue weighted by molar-refractivity contribution is -0.111. The molecule has 0 radical (unpaired) electrons. The maximum Gasteiger partial charge on any atom is 0.248 e. The molecule has 0 spiro atoms. The van der Waals surface area contributed by atoms with Crippen molar-refractivity contribution in [2.75, 3.05) is 49.7 Å². The van der Waals surface area contributed by atoms with Crippen molar-refractivity contribution in [2.45, 2.75) is 13.8 Å². The molecular weight excluding hydrogens is 368 g/mol. The summed E-state index contributed by atoms with van der Waals surface area (Å²) >= 11 is 0. The minimum atomic E-state index is -0.184. The fourth-order valence-electron chi connectivity index (χ4n) is 3.10. The second-order valence-electron chi connectivity index (χ2n) is 6.54. The largest absolute Gasteiger partial charge is 0.490 e. The molecule has 29 heavy (non-hydrogen) atoms. The Morgan fingerprint density at radius 1 is 1.03 bits per heavy atom. The zero-order valence-corrected chi connectivity index (χ0v) is 17.0. The van der Waals surface area contributed by atoms with E-state index in [0.29, 0.717) is 24.7 Å². The number of nitrogens with one attached hydrogen (secondary N) is 1. The molecule has 1 saturated heterocycles. The van der Waals surface area contributed by atoms with Crippen LogP contribution in [-0.2, 0) is 9.53 Å². The first kappa shape index (κ1) is 20.7. The van der Waals surface area contributed by atoms with Gasteiger partial charge >= 0.3 is 0 Å². The third kappa shape index (κ3) is 5.99. The van der Waals surface area contributed by atoms with Gasteiger partial charge in [-0.25, -0.2) is 0 Å². The molecule has 1 heterocycles. The highest BCUT2D eigenvalue weighted by Crippen LogP contribution is 2.29. The summed E-state index contributed by atoms with van der Waals surface area (Å²) in [7, 11) is 0. The van der Waals surface area contributed by atoms with E-state index in [9.17, 15) is 4.79 Å². The van der Waals surface area contributed by atoms with Crippen LogP contribution in [-0.4, -0.2) is 45.4 Å². The lowest BCUT2D eigenvalue weighted by Crippen LogP contribution is -2.36. The molecule has 1 aliphatic heterocycles. The standard InChI is InChI=1S/C23H28N2O4/c1-3-28-21-11-5-18(17-22(21)29-4-2)6-12-23(26)24-19-7-9-20(10-8-19)25-13-15-27-16-14-25/h5-12,17H,3-4,13-16H2,1-2H3,(H,24,26)/b12-6+. The molecule has 0 aromatic heterocycles. The summed E-state index contributed by atoms with van der Waals surface area (Å²) in [4.78, 5) is 14.5. The number of carbonyl (C=O) groups is 1. The SMILES string of the molecule is CCOc1ccc(/C=C/C(=O)Nc2ccc(N3CCOCC3)cc2)cc1OCC. The van der Waals surface area contributed by atoms with Crippen molar-refractivity contribution in [3.8, 4) is 11.5 Å². The van der Waals surface area contributed by atoms with Crippen molar-refractivity contribution in [2.24, 2.45) is 0 Å². The van der Waals surface area contributed by atoms with Crippen molar-refractivity contribution in [1.29, 1.82) is 0 Å². The summed E-state index contributed by atoms with van der Waals surface area (Å²) in [6, 6.07) is 13.5. The highest BCUT2D eigenvalue weighted by atomic mass is 16.5. The molecule has 0 saturated carbocycles. The second kappa shape index (κ2) is 10.5. The van der Waals surface area contributed by atoms with E-state index < -0.39 is 0 Å². The van der Waals surface area contributed by atoms with E-state index in [1.54, 1.807) is 6.08 Å². The van der Waals surface area contributed by atoms with Crippen LogP contribution in [0, 0.1) is 0 Å². The smallest absolute Gasteiger partial charge is 0.248 e. The Kier molecular flexibility index (Phi) is 7.53. The van der Waals surface area contributed by atoms with Crippen LogP contribution in [0.1, 0.15) is 19.4 Å². The van der Waals surface area contributed by atoms with Gasteiger partial charge in [-0.3, -0.25) is 4.79 Å². The number of benzene rings is 2. The minimum absolute atomic E-state index is 0.184. The molecule has 1 amide bonds. The monoisotopic (exact) mass is 396 g/mol. The van der Waals surface area contributed by atoms with E-state index in [-0.39, 0.29) is 5.91 Å². The summed E-state index contributed by atoms with van der Waals surface area (Å²) in [5.74, 6) is 1.20. The molecule has 1 aliphatic rings. The normalized spacial score (nSPS) is 14.1. The summed E-state index contributed by atoms with van der Waals surface area (Å²) in [6.07, 6.45) is 3.27. The molecule has 1 N–H and O–H groups in total. The van der Waals surface area contributed by atoms with Crippen molar-refractivity contribution in [1.82, 2.24) is 0 Å². The van der Waals surface area contributed by atoms with Gasteiger partial charge in [-0.2, -0.15) is 0 Å². The lowest BCUT2D eigenvalue weighted by Gasteiger charge is -2.28. The first-order chi connectivity index (χ1) is 14.2. The Morgan fingerprint density at radius 3 is 2.41 bits per heavy atom. The van der Waals surface area contributed by atoms with Gasteiger partial charge in [0, 0.05) is 30.5 Å². The second-order valence-corrected chi connectivity index (χ2v) is 6.54. The molecule has 2 aromatic carbocycles. The average Bonchev–Trinajstić information content (AvgIpc) is 2.75. The number of carbonyl (C=O) groups excluding carboxylic acids is 1. The molecular formula is C23H28N2O4. The predicted molar refractivity (Wildman–Crippen MR) is 116 cm³/mol. The molecule has 154 valence electrons. The molecule has 0 aliphatic carbocycles. The van der Waals surface area contributed by atoms with E-state index in [0.717, 1.165) is 43.2 Å². The average molecular weight is 396 g/mol. The number of nitrogens with zero attached hydrogens (tertiary/aromatic N) is 1. The van der Waals surface area contributed by atoms with Crippen LogP contribution >= 0.6 is 0 Å². The number of hydrogen-bond acceptors (Lipinski definition) is 5. The van der Waals surface area contributed by atoms with Gasteiger partial charge in [0.2, 0.25) is 5.91 Å². The van der Waals surface area contributed by atoms with Crippen LogP contribution < -0.4 is 19.7 Å². The molecule has 0 unspecified atom stereocenters. The van der Waals surface area contributed by atoms with Gasteiger partial charge in [-0.1, -0.05) is 6.07 Å². The van der Waals surface area contributed by atoms with E-state index in [4.69, 9.17) is 14.2 Å². The number of morpholine rings is 1. The summed E-state index contributed by atoms with van der Waals surface area (Å²) < 4.78 is 16.6. The molecule has 3 rings (SSSR count). The molecule has 6 heteroatoms. The van der Waals surface area contributed by atoms with Crippen LogP contribution in [0.3, 0.4) is 0 Å². The fourth-order valence-corrected chi connectivity index (χ4v) is 3.10. The quantitative estimate of drug-likeness (QED) is 0.684. The summed E-state index contributed by atoms with van der Waals surface area (Å²) in [5.41, 5.74) is 2.77. The van der Waals surface area contributed by atoms with Crippen LogP contribution in [0.2, 0.25) is 0 Å². The Morgan fingerprint density at radius 2 is 1.72 bits per heavy atom. The van der Waals surface area contributed by atoms with Crippen molar-refractivity contribution >= 4 is 23.4 Å². The maximum atomic E-state index is 12.3. The van der Waals surface area contributed by atoms with Crippen molar-refractivity contribution in [3.05, 3.63) is 54.1 Å². The summed E-state index contributed by atoms with van der Waals surface area (Å²) in [6.45, 7) is 8.26. The Bertz CT molecular complexity index is 827. The zero-order valence-electron chi connectivity index (χ0n) is 17.0. The third-order valence-electron chi connectivity index (χ3n) is 4.51. The Balaban J connectivity index is 1.59. The predicted octanol–water partition coefficient (Wildman–Crippen LogP) is 3.97. The van der Waals surface area contributed by atoms with Gasteiger partial charge in [-0.15, -0.1) is 0 Å². The number of anilines is 2. The minimum Gasteiger partial charge on any atom is -0.490 e. The van der Waals surface area contributed by atoms with E-state index in [1.807, 2.05) is 56.3 Å². The van der Waals surface area contributed by atoms with Gasteiger partial charge < -0.3 is 24.4 Å². The first-order valence-corrected chi connectivity index (χ1v) is 10.0. The van der Waals surface area contributed by atoms with Crippen molar-refractivity contribution < 1.29 is 19.0 Å². The molecule has 2 aromatic rings. The van der Waals surface area contributed by atoms with Gasteiger partial charge in [0.05, 0.1) is 26.4 Å². The van der Waals surface area contributed by atoms with Crippen LogP contribution in [0.4, 0.5) is 11.4 Å². The van der Waals surface area contributed by atoms with Crippen molar-refractivity contribution in [3.63, 3.8) is 0 Å². The van der Waals surface area contributed by atoms with Crippen LogP contribution in [0.25, 0.3) is 6.08 Å². The Hall–Kier alpha value is -2.99. The maximum absolute atomic E-state index is 12.3. The molecule has 6 nitrogen and oxygen atoms in total. The summed E-state index contributed by atoms with van der Waals surface area (Å²) in [5, 5.41) is 2.89. The molecule has 0 bridgehead atoms. The number of rotatable bonds is 8. The highest BCUT2D eigenvalue weighted by Gasteiger charge is 2.11. The number of ether oxygens (including phenoxy) is 3. The molecule has 1 fully saturated rings. The zero-order chi connectivity index (χ0) is 20.5. The van der Waals surface area contributed by atoms with Gasteiger partial charge in [0.25, 0.3) is 0 Å². The van der Waals surface area contributed by atoms with E-state index in [1.165, 1.54) is 6.08 Å². The number of hydrogen-bond donors (Lipinski definition) is 1. The molecule has 0 atom stereocenters. The van der Waals surface area contributed by atoms with E-state index >= 15 is 0 Å². The van der Waals surface area contributed by atoms with Gasteiger partial charge in [0.1, 0.15) is 0 Å². The topological polar surface area (TPSA) is 60.0 Å². The van der Waals surface area contributed by atoms with Gasteiger partial charge in [0.15, 0.2) is 11.5 Å². The fraction of sp³-hybridized carbons (Fsp3) is 0.348. The Labute approximate surface area is 172 Å². The number of amides is 1. The third-order valence-corrected chi connectivity index (χ3v) is 4.51. The lowest BCUT2D eigenvalue weighted by atomic mass is 10.2. The van der Waals surface area contributed by atoms with E-state index in [2.05, 4.69) is 10.2 Å². The first-order valence-electron chi connectivity index (χ1n) is 10.0. The highest BCUT2D eigenvalue weighted by molar-refractivity contribution is 6.02.